The zero-order chi connectivity index (χ0) is 20.4. The number of benzene rings is 1. The van der Waals surface area contributed by atoms with E-state index in [2.05, 4.69) is 14.6 Å². The maximum Gasteiger partial charge on any atom is 0.261 e. The molecule has 0 spiro atoms. The van der Waals surface area contributed by atoms with Crippen LogP contribution in [0.15, 0.2) is 41.4 Å². The molecule has 2 aromatic rings. The maximum absolute atomic E-state index is 12.8. The zero-order valence-corrected chi connectivity index (χ0v) is 17.1. The second-order valence-corrected chi connectivity index (χ2v) is 8.86. The molecule has 0 radical (unpaired) electrons. The van der Waals surface area contributed by atoms with Gasteiger partial charge in [0.05, 0.1) is 30.0 Å². The average molecular weight is 417 g/mol. The Kier molecular flexibility index (Phi) is 5.42. The molecule has 29 heavy (non-hydrogen) atoms. The van der Waals surface area contributed by atoms with Crippen LogP contribution in [-0.2, 0) is 26.0 Å². The van der Waals surface area contributed by atoms with Crippen molar-refractivity contribution in [3.05, 3.63) is 42.1 Å². The Balaban J connectivity index is 1.52. The number of rotatable bonds is 4. The van der Waals surface area contributed by atoms with Crippen molar-refractivity contribution in [3.63, 3.8) is 0 Å². The number of carbonyl (C=O) groups is 1. The van der Waals surface area contributed by atoms with Gasteiger partial charge in [0.2, 0.25) is 5.91 Å². The second kappa shape index (κ2) is 8.00. The van der Waals surface area contributed by atoms with E-state index in [-0.39, 0.29) is 10.8 Å². The van der Waals surface area contributed by atoms with Gasteiger partial charge in [0.25, 0.3) is 10.0 Å². The summed E-state index contributed by atoms with van der Waals surface area (Å²) in [6.45, 7) is 5.04. The summed E-state index contributed by atoms with van der Waals surface area (Å²) in [6, 6.07) is 8.43. The third-order valence-corrected chi connectivity index (χ3v) is 6.57. The second-order valence-electron chi connectivity index (χ2n) is 7.17. The number of morpholine rings is 1. The Morgan fingerprint density at radius 2 is 1.93 bits per heavy atom. The first-order chi connectivity index (χ1) is 13.9. The van der Waals surface area contributed by atoms with Crippen LogP contribution in [0.25, 0.3) is 0 Å². The Labute approximate surface area is 170 Å². The van der Waals surface area contributed by atoms with E-state index in [1.165, 1.54) is 19.2 Å². The number of hydrogen-bond acceptors (Lipinski definition) is 6. The predicted molar refractivity (Wildman–Crippen MR) is 111 cm³/mol. The van der Waals surface area contributed by atoms with Crippen molar-refractivity contribution in [1.82, 2.24) is 4.98 Å². The molecule has 1 aromatic heterocycles. The van der Waals surface area contributed by atoms with Gasteiger partial charge >= 0.3 is 0 Å². The zero-order valence-electron chi connectivity index (χ0n) is 16.3. The number of anilines is 3. The molecule has 1 aromatic carbocycles. The monoisotopic (exact) mass is 416 g/mol. The van der Waals surface area contributed by atoms with E-state index in [4.69, 9.17) is 4.74 Å². The molecular weight excluding hydrogens is 392 g/mol. The number of aryl methyl sites for hydroxylation is 1. The Hall–Kier alpha value is -2.65. The molecule has 1 fully saturated rings. The van der Waals surface area contributed by atoms with Crippen molar-refractivity contribution >= 4 is 33.1 Å². The van der Waals surface area contributed by atoms with Crippen LogP contribution in [0.3, 0.4) is 0 Å². The largest absolute Gasteiger partial charge is 0.378 e. The number of hydrogen-bond donors (Lipinski definition) is 1. The predicted octanol–water partition coefficient (Wildman–Crippen LogP) is 2.02. The molecule has 0 atom stereocenters. The van der Waals surface area contributed by atoms with Crippen LogP contribution >= 0.6 is 0 Å². The quantitative estimate of drug-likeness (QED) is 0.820. The van der Waals surface area contributed by atoms with Crippen LogP contribution in [0, 0.1) is 0 Å². The van der Waals surface area contributed by atoms with Crippen LogP contribution in [0.4, 0.5) is 17.2 Å². The minimum Gasteiger partial charge on any atom is -0.378 e. The molecule has 154 valence electrons. The molecule has 3 heterocycles. The standard InChI is InChI=1S/C20H24N4O4S/c1-15(25)24-8-2-3-16-13-18(5-6-19(16)24)29(26,27)22-17-4-7-20(21-14-17)23-9-11-28-12-10-23/h4-7,13-14,22H,2-3,8-12H2,1H3. The number of fused-ring (bicyclic) bond motifs is 1. The lowest BCUT2D eigenvalue weighted by Gasteiger charge is -2.29. The number of ether oxygens (including phenoxy) is 1. The van der Waals surface area contributed by atoms with Crippen molar-refractivity contribution in [3.8, 4) is 0 Å². The first-order valence-corrected chi connectivity index (χ1v) is 11.1. The van der Waals surface area contributed by atoms with Crippen LogP contribution < -0.4 is 14.5 Å². The highest BCUT2D eigenvalue weighted by molar-refractivity contribution is 7.92. The number of amides is 1. The van der Waals surface area contributed by atoms with E-state index in [1.54, 1.807) is 29.2 Å². The number of carbonyl (C=O) groups excluding carboxylic acids is 1. The van der Waals surface area contributed by atoms with Gasteiger partial charge in [-0.3, -0.25) is 9.52 Å². The summed E-state index contributed by atoms with van der Waals surface area (Å²) < 4.78 is 33.6. The molecular formula is C20H24N4O4S. The first-order valence-electron chi connectivity index (χ1n) is 9.67. The maximum atomic E-state index is 12.8. The normalized spacial score (nSPS) is 17.0. The summed E-state index contributed by atoms with van der Waals surface area (Å²) in [5.74, 6) is 0.764. The van der Waals surface area contributed by atoms with E-state index < -0.39 is 10.0 Å². The minimum atomic E-state index is -3.75. The van der Waals surface area contributed by atoms with Crippen LogP contribution in [0.1, 0.15) is 18.9 Å². The SMILES string of the molecule is CC(=O)N1CCCc2cc(S(=O)(=O)Nc3ccc(N4CCOCC4)nc3)ccc21. The van der Waals surface area contributed by atoms with Gasteiger partial charge in [-0.05, 0) is 48.7 Å². The molecule has 0 saturated carbocycles. The van der Waals surface area contributed by atoms with Crippen LogP contribution in [0.5, 0.6) is 0 Å². The average Bonchev–Trinajstić information content (AvgIpc) is 2.73. The summed E-state index contributed by atoms with van der Waals surface area (Å²) >= 11 is 0. The summed E-state index contributed by atoms with van der Waals surface area (Å²) in [5.41, 5.74) is 2.07. The molecule has 0 bridgehead atoms. The van der Waals surface area contributed by atoms with Crippen LogP contribution in [-0.4, -0.2) is 52.2 Å². The fraction of sp³-hybridized carbons (Fsp3) is 0.400. The highest BCUT2D eigenvalue weighted by atomic mass is 32.2. The summed E-state index contributed by atoms with van der Waals surface area (Å²) in [7, 11) is -3.75. The highest BCUT2D eigenvalue weighted by Gasteiger charge is 2.23. The fourth-order valence-electron chi connectivity index (χ4n) is 3.71. The summed E-state index contributed by atoms with van der Waals surface area (Å²) in [6.07, 6.45) is 3.09. The van der Waals surface area contributed by atoms with Crippen molar-refractivity contribution < 1.29 is 17.9 Å². The van der Waals surface area contributed by atoms with Crippen molar-refractivity contribution in [2.24, 2.45) is 0 Å². The lowest BCUT2D eigenvalue weighted by atomic mass is 10.0. The van der Waals surface area contributed by atoms with E-state index in [0.29, 0.717) is 25.4 Å². The lowest BCUT2D eigenvalue weighted by molar-refractivity contribution is -0.116. The molecule has 4 rings (SSSR count). The molecule has 1 N–H and O–H groups in total. The topological polar surface area (TPSA) is 91.8 Å². The molecule has 0 unspecified atom stereocenters. The van der Waals surface area contributed by atoms with Crippen LogP contribution in [0.2, 0.25) is 0 Å². The van der Waals surface area contributed by atoms with Gasteiger partial charge < -0.3 is 14.5 Å². The lowest BCUT2D eigenvalue weighted by Crippen LogP contribution is -2.36. The van der Waals surface area contributed by atoms with Gasteiger partial charge in [0, 0.05) is 32.2 Å². The number of aromatic nitrogens is 1. The molecule has 1 amide bonds. The summed E-state index contributed by atoms with van der Waals surface area (Å²) in [5, 5.41) is 0. The smallest absolute Gasteiger partial charge is 0.261 e. The van der Waals surface area contributed by atoms with Crippen molar-refractivity contribution in [2.45, 2.75) is 24.7 Å². The molecule has 0 aliphatic carbocycles. The van der Waals surface area contributed by atoms with Gasteiger partial charge in [-0.1, -0.05) is 0 Å². The van der Waals surface area contributed by atoms with E-state index in [1.807, 2.05) is 0 Å². The summed E-state index contributed by atoms with van der Waals surface area (Å²) in [4.78, 5) is 20.2. The van der Waals surface area contributed by atoms with E-state index in [9.17, 15) is 13.2 Å². The van der Waals surface area contributed by atoms with Gasteiger partial charge in [-0.25, -0.2) is 13.4 Å². The van der Waals surface area contributed by atoms with E-state index in [0.717, 1.165) is 43.0 Å². The van der Waals surface area contributed by atoms with E-state index >= 15 is 0 Å². The number of nitrogens with zero attached hydrogens (tertiary/aromatic N) is 3. The Morgan fingerprint density at radius 1 is 1.14 bits per heavy atom. The molecule has 2 aliphatic heterocycles. The number of pyridine rings is 1. The molecule has 9 heteroatoms. The highest BCUT2D eigenvalue weighted by Crippen LogP contribution is 2.30. The molecule has 8 nitrogen and oxygen atoms in total. The Morgan fingerprint density at radius 3 is 2.62 bits per heavy atom. The van der Waals surface area contributed by atoms with Gasteiger partial charge in [0.1, 0.15) is 5.82 Å². The van der Waals surface area contributed by atoms with Gasteiger partial charge in [-0.15, -0.1) is 0 Å². The number of sulfonamides is 1. The van der Waals surface area contributed by atoms with Crippen molar-refractivity contribution in [1.29, 1.82) is 0 Å². The third-order valence-electron chi connectivity index (χ3n) is 5.20. The molecule has 1 saturated heterocycles. The van der Waals surface area contributed by atoms with Crippen molar-refractivity contribution in [2.75, 3.05) is 47.4 Å². The first kappa shape index (κ1) is 19.7. The third kappa shape index (κ3) is 4.20. The minimum absolute atomic E-state index is 0.0360. The van der Waals surface area contributed by atoms with Gasteiger partial charge in [-0.2, -0.15) is 0 Å². The molecule has 2 aliphatic rings. The number of nitrogens with one attached hydrogen (secondary N) is 1. The fourth-order valence-corrected chi connectivity index (χ4v) is 4.80. The van der Waals surface area contributed by atoms with Gasteiger partial charge in [0.15, 0.2) is 0 Å². The Bertz CT molecular complexity index is 1000.